The van der Waals surface area contributed by atoms with Crippen molar-refractivity contribution in [3.05, 3.63) is 57.8 Å². The van der Waals surface area contributed by atoms with Gasteiger partial charge in [-0.15, -0.1) is 11.3 Å². The Labute approximate surface area is 160 Å². The van der Waals surface area contributed by atoms with E-state index in [1.165, 1.54) is 16.0 Å². The predicted molar refractivity (Wildman–Crippen MR) is 109 cm³/mol. The van der Waals surface area contributed by atoms with Gasteiger partial charge in [-0.1, -0.05) is 37.3 Å². The van der Waals surface area contributed by atoms with Gasteiger partial charge in [0.2, 0.25) is 5.91 Å². The molecular weight excluding hydrogens is 342 g/mol. The SMILES string of the molecule is CCC1c2ccsc2CCN1CC(=O)NCC(c1ccccc1)N(C)C. The van der Waals surface area contributed by atoms with E-state index >= 15 is 0 Å². The molecule has 4 nitrogen and oxygen atoms in total. The summed E-state index contributed by atoms with van der Waals surface area (Å²) in [5, 5.41) is 5.33. The predicted octanol–water partition coefficient (Wildman–Crippen LogP) is 3.48. The van der Waals surface area contributed by atoms with Crippen LogP contribution in [0.15, 0.2) is 41.8 Å². The van der Waals surface area contributed by atoms with E-state index in [1.54, 1.807) is 0 Å². The Morgan fingerprint density at radius 2 is 2.08 bits per heavy atom. The number of nitrogens with zero attached hydrogens (tertiary/aromatic N) is 2. The second-order valence-corrected chi connectivity index (χ2v) is 8.14. The zero-order valence-corrected chi connectivity index (χ0v) is 16.8. The first-order chi connectivity index (χ1) is 12.6. The quantitative estimate of drug-likeness (QED) is 0.809. The van der Waals surface area contributed by atoms with Crippen molar-refractivity contribution in [3.63, 3.8) is 0 Å². The fourth-order valence-corrected chi connectivity index (χ4v) is 4.77. The second-order valence-electron chi connectivity index (χ2n) is 7.14. The van der Waals surface area contributed by atoms with Gasteiger partial charge in [0, 0.05) is 24.0 Å². The summed E-state index contributed by atoms with van der Waals surface area (Å²) >= 11 is 1.85. The number of thiophene rings is 1. The summed E-state index contributed by atoms with van der Waals surface area (Å²) in [6.07, 6.45) is 2.10. The Morgan fingerprint density at radius 3 is 2.77 bits per heavy atom. The molecule has 1 aliphatic heterocycles. The van der Waals surface area contributed by atoms with Gasteiger partial charge in [-0.3, -0.25) is 9.69 Å². The van der Waals surface area contributed by atoms with Crippen LogP contribution in [0.3, 0.4) is 0 Å². The zero-order chi connectivity index (χ0) is 18.5. The van der Waals surface area contributed by atoms with E-state index in [0.717, 1.165) is 19.4 Å². The van der Waals surface area contributed by atoms with Crippen LogP contribution in [0.25, 0.3) is 0 Å². The molecule has 26 heavy (non-hydrogen) atoms. The van der Waals surface area contributed by atoms with E-state index in [-0.39, 0.29) is 11.9 Å². The van der Waals surface area contributed by atoms with Crippen LogP contribution in [0.2, 0.25) is 0 Å². The van der Waals surface area contributed by atoms with Gasteiger partial charge in [-0.25, -0.2) is 0 Å². The molecule has 5 heteroatoms. The lowest BCUT2D eigenvalue weighted by Crippen LogP contribution is -2.44. The number of carbonyl (C=O) groups excluding carboxylic acids is 1. The molecule has 2 atom stereocenters. The first-order valence-electron chi connectivity index (χ1n) is 9.38. The molecule has 0 saturated carbocycles. The van der Waals surface area contributed by atoms with Crippen molar-refractivity contribution >= 4 is 17.2 Å². The molecular formula is C21H29N3OS. The lowest BCUT2D eigenvalue weighted by Gasteiger charge is -2.35. The van der Waals surface area contributed by atoms with Crippen LogP contribution in [0.1, 0.15) is 41.4 Å². The third kappa shape index (κ3) is 4.34. The van der Waals surface area contributed by atoms with Gasteiger partial charge in [0.15, 0.2) is 0 Å². The molecule has 3 rings (SSSR count). The Balaban J connectivity index is 1.58. The van der Waals surface area contributed by atoms with E-state index in [2.05, 4.69) is 59.7 Å². The standard InChI is InChI=1S/C21H29N3OS/c1-4-18-17-11-13-26-20(17)10-12-24(18)15-21(25)22-14-19(23(2)3)16-8-6-5-7-9-16/h5-9,11,13,18-19H,4,10,12,14-15H2,1-3H3,(H,22,25). The van der Waals surface area contributed by atoms with Gasteiger partial charge in [-0.05, 0) is 49.5 Å². The van der Waals surface area contributed by atoms with Gasteiger partial charge >= 0.3 is 0 Å². The van der Waals surface area contributed by atoms with Crippen molar-refractivity contribution < 1.29 is 4.79 Å². The second kappa shape index (κ2) is 8.80. The van der Waals surface area contributed by atoms with Crippen molar-refractivity contribution in [2.75, 3.05) is 33.7 Å². The van der Waals surface area contributed by atoms with Crippen molar-refractivity contribution in [3.8, 4) is 0 Å². The van der Waals surface area contributed by atoms with Crippen molar-refractivity contribution in [1.29, 1.82) is 0 Å². The van der Waals surface area contributed by atoms with Gasteiger partial charge in [0.05, 0.1) is 12.6 Å². The molecule has 1 N–H and O–H groups in total. The normalized spacial score (nSPS) is 18.5. The van der Waals surface area contributed by atoms with Crippen LogP contribution < -0.4 is 5.32 Å². The van der Waals surface area contributed by atoms with Crippen molar-refractivity contribution in [2.24, 2.45) is 0 Å². The molecule has 2 heterocycles. The number of amides is 1. The fourth-order valence-electron chi connectivity index (χ4n) is 3.84. The minimum absolute atomic E-state index is 0.116. The molecule has 1 aromatic carbocycles. The lowest BCUT2D eigenvalue weighted by atomic mass is 9.98. The summed E-state index contributed by atoms with van der Waals surface area (Å²) in [4.78, 5) is 18.6. The van der Waals surface area contributed by atoms with Gasteiger partial charge < -0.3 is 10.2 Å². The minimum Gasteiger partial charge on any atom is -0.353 e. The molecule has 0 bridgehead atoms. The maximum Gasteiger partial charge on any atom is 0.234 e. The summed E-state index contributed by atoms with van der Waals surface area (Å²) in [5.41, 5.74) is 2.65. The number of likely N-dealkylation sites (N-methyl/N-ethyl adjacent to an activating group) is 1. The number of benzene rings is 1. The van der Waals surface area contributed by atoms with Crippen LogP contribution in [-0.4, -0.2) is 49.4 Å². The highest BCUT2D eigenvalue weighted by Gasteiger charge is 2.28. The Bertz CT molecular complexity index is 713. The summed E-state index contributed by atoms with van der Waals surface area (Å²) < 4.78 is 0. The van der Waals surface area contributed by atoms with Crippen LogP contribution >= 0.6 is 11.3 Å². The van der Waals surface area contributed by atoms with Crippen LogP contribution in [-0.2, 0) is 11.2 Å². The number of fused-ring (bicyclic) bond motifs is 1. The molecule has 1 amide bonds. The number of hydrogen-bond acceptors (Lipinski definition) is 4. The molecule has 0 fully saturated rings. The zero-order valence-electron chi connectivity index (χ0n) is 15.9. The van der Waals surface area contributed by atoms with E-state index in [9.17, 15) is 4.79 Å². The van der Waals surface area contributed by atoms with Gasteiger partial charge in [-0.2, -0.15) is 0 Å². The first-order valence-corrected chi connectivity index (χ1v) is 10.3. The van der Waals surface area contributed by atoms with E-state index in [4.69, 9.17) is 0 Å². The lowest BCUT2D eigenvalue weighted by molar-refractivity contribution is -0.123. The summed E-state index contributed by atoms with van der Waals surface area (Å²) in [7, 11) is 4.11. The number of carbonyl (C=O) groups is 1. The molecule has 0 saturated heterocycles. The molecule has 1 aromatic heterocycles. The summed E-state index contributed by atoms with van der Waals surface area (Å²) in [6.45, 7) is 4.28. The van der Waals surface area contributed by atoms with Gasteiger partial charge in [0.1, 0.15) is 0 Å². The average Bonchev–Trinajstić information content (AvgIpc) is 3.11. The van der Waals surface area contributed by atoms with Crippen LogP contribution in [0.4, 0.5) is 0 Å². The monoisotopic (exact) mass is 371 g/mol. The topological polar surface area (TPSA) is 35.6 Å². The summed E-state index contributed by atoms with van der Waals surface area (Å²) in [5.74, 6) is 0.116. The van der Waals surface area contributed by atoms with E-state index < -0.39 is 0 Å². The third-order valence-corrected chi connectivity index (χ3v) is 6.24. The third-order valence-electron chi connectivity index (χ3n) is 5.24. The average molecular weight is 372 g/mol. The maximum atomic E-state index is 12.6. The van der Waals surface area contributed by atoms with Crippen molar-refractivity contribution in [2.45, 2.75) is 31.8 Å². The summed E-state index contributed by atoms with van der Waals surface area (Å²) in [6, 6.07) is 13.1. The first kappa shape index (κ1) is 19.1. The smallest absolute Gasteiger partial charge is 0.234 e. The maximum absolute atomic E-state index is 12.6. The highest BCUT2D eigenvalue weighted by Crippen LogP contribution is 2.34. The molecule has 0 aliphatic carbocycles. The minimum atomic E-state index is 0.116. The number of hydrogen-bond donors (Lipinski definition) is 1. The van der Waals surface area contributed by atoms with E-state index in [1.807, 2.05) is 29.5 Å². The number of rotatable bonds is 7. The largest absolute Gasteiger partial charge is 0.353 e. The van der Waals surface area contributed by atoms with Crippen LogP contribution in [0, 0.1) is 0 Å². The molecule has 0 spiro atoms. The highest BCUT2D eigenvalue weighted by molar-refractivity contribution is 7.10. The van der Waals surface area contributed by atoms with Crippen molar-refractivity contribution in [1.82, 2.24) is 15.1 Å². The molecule has 2 aromatic rings. The Kier molecular flexibility index (Phi) is 6.46. The molecule has 140 valence electrons. The molecule has 1 aliphatic rings. The fraction of sp³-hybridized carbons (Fsp3) is 0.476. The molecule has 0 radical (unpaired) electrons. The Morgan fingerprint density at radius 1 is 1.31 bits per heavy atom. The van der Waals surface area contributed by atoms with E-state index in [0.29, 0.717) is 19.1 Å². The Hall–Kier alpha value is -1.69. The van der Waals surface area contributed by atoms with Gasteiger partial charge in [0.25, 0.3) is 0 Å². The molecule has 2 unspecified atom stereocenters. The van der Waals surface area contributed by atoms with Crippen LogP contribution in [0.5, 0.6) is 0 Å². The number of nitrogens with one attached hydrogen (secondary N) is 1. The highest BCUT2D eigenvalue weighted by atomic mass is 32.1.